The minimum Gasteiger partial charge on any atom is -0.127 e. The number of aryl methyl sites for hydroxylation is 1. The van der Waals surface area contributed by atoms with E-state index in [1.165, 1.54) is 11.1 Å². The normalized spacial score (nSPS) is 11.5. The Kier molecular flexibility index (Phi) is 7.60. The molecule has 0 saturated heterocycles. The summed E-state index contributed by atoms with van der Waals surface area (Å²) in [5, 5.41) is 0. The third-order valence-electron chi connectivity index (χ3n) is 2.26. The number of hydrogen-bond acceptors (Lipinski definition) is 0. The number of rotatable bonds is 3. The monoisotopic (exact) mass is 212 g/mol. The first-order valence-electron chi connectivity index (χ1n) is 5.37. The Labute approximate surface area is 93.3 Å². The lowest BCUT2D eigenvalue weighted by Gasteiger charge is -2.12. The van der Waals surface area contributed by atoms with Crippen molar-refractivity contribution in [1.29, 1.82) is 0 Å². The maximum atomic E-state index is 5.70. The Morgan fingerprint density at radius 3 is 2.29 bits per heavy atom. The Balaban J connectivity index is 0.000000791. The fraction of sp³-hybridized carbons (Fsp3) is 0.538. The largest absolute Gasteiger partial charge is 0.127 e. The fourth-order valence-electron chi connectivity index (χ4n) is 1.46. The number of halogens is 1. The Morgan fingerprint density at radius 2 is 1.79 bits per heavy atom. The molecule has 0 radical (unpaired) electrons. The molecular formula is C13H21Cl. The lowest BCUT2D eigenvalue weighted by molar-refractivity contribution is 0.733. The molecule has 1 rings (SSSR count). The van der Waals surface area contributed by atoms with Crippen LogP contribution in [-0.4, -0.2) is 5.88 Å². The predicted octanol–water partition coefficient (Wildman–Crippen LogP) is 4.75. The van der Waals surface area contributed by atoms with Gasteiger partial charge in [-0.15, -0.1) is 11.6 Å². The minimum absolute atomic E-state index is 0.587. The maximum Gasteiger partial charge on any atom is 0.0229 e. The molecule has 80 valence electrons. The third kappa shape index (κ3) is 4.15. The van der Waals surface area contributed by atoms with Gasteiger partial charge in [-0.1, -0.05) is 45.0 Å². The molecular weight excluding hydrogens is 192 g/mol. The van der Waals surface area contributed by atoms with E-state index in [4.69, 9.17) is 11.6 Å². The summed E-state index contributed by atoms with van der Waals surface area (Å²) in [6.45, 7) is 8.38. The molecule has 1 heteroatoms. The molecule has 0 aliphatic heterocycles. The lowest BCUT2D eigenvalue weighted by Crippen LogP contribution is -1.96. The van der Waals surface area contributed by atoms with E-state index in [-0.39, 0.29) is 0 Å². The van der Waals surface area contributed by atoms with Crippen molar-refractivity contribution in [3.8, 4) is 0 Å². The first-order valence-corrected chi connectivity index (χ1v) is 5.90. The average molecular weight is 213 g/mol. The number of benzene rings is 1. The second-order valence-electron chi connectivity index (χ2n) is 3.24. The highest BCUT2D eigenvalue weighted by atomic mass is 35.5. The molecule has 1 unspecified atom stereocenters. The smallest absolute Gasteiger partial charge is 0.0229 e. The molecule has 0 nitrogen and oxygen atoms in total. The zero-order chi connectivity index (χ0) is 11.0. The van der Waals surface area contributed by atoms with Gasteiger partial charge in [-0.2, -0.15) is 0 Å². The second-order valence-corrected chi connectivity index (χ2v) is 3.61. The van der Waals surface area contributed by atoms with Crippen LogP contribution in [0.25, 0.3) is 0 Å². The minimum atomic E-state index is 0.587. The molecule has 1 aromatic carbocycles. The van der Waals surface area contributed by atoms with Gasteiger partial charge < -0.3 is 0 Å². The summed E-state index contributed by atoms with van der Waals surface area (Å²) in [4.78, 5) is 0. The predicted molar refractivity (Wildman–Crippen MR) is 66.3 cm³/mol. The SMILES string of the molecule is CC.Cc1ccccc1C(C)CCCl. The van der Waals surface area contributed by atoms with Crippen LogP contribution in [0.5, 0.6) is 0 Å². The van der Waals surface area contributed by atoms with E-state index in [0.717, 1.165) is 12.3 Å². The summed E-state index contributed by atoms with van der Waals surface area (Å²) in [5.74, 6) is 1.33. The van der Waals surface area contributed by atoms with Crippen LogP contribution in [0.4, 0.5) is 0 Å². The summed E-state index contributed by atoms with van der Waals surface area (Å²) in [7, 11) is 0. The molecule has 0 spiro atoms. The zero-order valence-electron chi connectivity index (χ0n) is 9.68. The van der Waals surface area contributed by atoms with Crippen molar-refractivity contribution in [2.45, 2.75) is 40.0 Å². The van der Waals surface area contributed by atoms with Crippen molar-refractivity contribution in [2.24, 2.45) is 0 Å². The van der Waals surface area contributed by atoms with Gasteiger partial charge in [0.2, 0.25) is 0 Å². The van der Waals surface area contributed by atoms with Gasteiger partial charge in [0.05, 0.1) is 0 Å². The van der Waals surface area contributed by atoms with Crippen LogP contribution < -0.4 is 0 Å². The molecule has 1 atom stereocenters. The van der Waals surface area contributed by atoms with Gasteiger partial charge >= 0.3 is 0 Å². The molecule has 1 aromatic rings. The maximum absolute atomic E-state index is 5.70. The van der Waals surface area contributed by atoms with Gasteiger partial charge in [0.25, 0.3) is 0 Å². The van der Waals surface area contributed by atoms with Crippen LogP contribution >= 0.6 is 11.6 Å². The van der Waals surface area contributed by atoms with E-state index in [0.29, 0.717) is 5.92 Å². The average Bonchev–Trinajstić information content (AvgIpc) is 2.22. The van der Waals surface area contributed by atoms with Crippen LogP contribution in [0, 0.1) is 6.92 Å². The highest BCUT2D eigenvalue weighted by Crippen LogP contribution is 2.22. The van der Waals surface area contributed by atoms with Crippen LogP contribution in [0.15, 0.2) is 24.3 Å². The van der Waals surface area contributed by atoms with E-state index in [2.05, 4.69) is 38.1 Å². The Bertz CT molecular complexity index is 243. The number of alkyl halides is 1. The van der Waals surface area contributed by atoms with Crippen molar-refractivity contribution in [2.75, 3.05) is 5.88 Å². The third-order valence-corrected chi connectivity index (χ3v) is 2.48. The van der Waals surface area contributed by atoms with Crippen molar-refractivity contribution in [1.82, 2.24) is 0 Å². The first kappa shape index (κ1) is 13.5. The molecule has 0 aliphatic carbocycles. The molecule has 0 N–H and O–H groups in total. The van der Waals surface area contributed by atoms with E-state index in [9.17, 15) is 0 Å². The van der Waals surface area contributed by atoms with E-state index in [1.54, 1.807) is 0 Å². The van der Waals surface area contributed by atoms with E-state index >= 15 is 0 Å². The molecule has 0 fully saturated rings. The van der Waals surface area contributed by atoms with Crippen LogP contribution in [0.2, 0.25) is 0 Å². The summed E-state index contributed by atoms with van der Waals surface area (Å²) < 4.78 is 0. The van der Waals surface area contributed by atoms with Gasteiger partial charge in [0, 0.05) is 5.88 Å². The fourth-order valence-corrected chi connectivity index (χ4v) is 1.79. The zero-order valence-corrected chi connectivity index (χ0v) is 10.4. The van der Waals surface area contributed by atoms with Gasteiger partial charge in [0.15, 0.2) is 0 Å². The summed E-state index contributed by atoms with van der Waals surface area (Å²) in [6.07, 6.45) is 1.06. The summed E-state index contributed by atoms with van der Waals surface area (Å²) in [6, 6.07) is 8.51. The lowest BCUT2D eigenvalue weighted by atomic mass is 9.95. The quantitative estimate of drug-likeness (QED) is 0.635. The highest BCUT2D eigenvalue weighted by Gasteiger charge is 2.05. The van der Waals surface area contributed by atoms with Crippen LogP contribution in [0.3, 0.4) is 0 Å². The van der Waals surface area contributed by atoms with E-state index < -0.39 is 0 Å². The molecule has 0 amide bonds. The molecule has 0 saturated carbocycles. The first-order chi connectivity index (χ1) is 6.75. The molecule has 0 aliphatic rings. The molecule has 14 heavy (non-hydrogen) atoms. The molecule has 0 heterocycles. The number of hydrogen-bond donors (Lipinski definition) is 0. The van der Waals surface area contributed by atoms with Crippen molar-refractivity contribution in [3.05, 3.63) is 35.4 Å². The van der Waals surface area contributed by atoms with Crippen molar-refractivity contribution >= 4 is 11.6 Å². The summed E-state index contributed by atoms with van der Waals surface area (Å²) >= 11 is 5.70. The topological polar surface area (TPSA) is 0 Å². The van der Waals surface area contributed by atoms with Crippen LogP contribution in [0.1, 0.15) is 44.2 Å². The highest BCUT2D eigenvalue weighted by molar-refractivity contribution is 6.17. The summed E-state index contributed by atoms with van der Waals surface area (Å²) in [5.41, 5.74) is 2.80. The van der Waals surface area contributed by atoms with Gasteiger partial charge in [0.1, 0.15) is 0 Å². The van der Waals surface area contributed by atoms with Gasteiger partial charge in [-0.3, -0.25) is 0 Å². The van der Waals surface area contributed by atoms with Gasteiger partial charge in [-0.25, -0.2) is 0 Å². The molecule has 0 bridgehead atoms. The van der Waals surface area contributed by atoms with Gasteiger partial charge in [-0.05, 0) is 30.4 Å². The Morgan fingerprint density at radius 1 is 1.21 bits per heavy atom. The molecule has 0 aromatic heterocycles. The van der Waals surface area contributed by atoms with Crippen molar-refractivity contribution < 1.29 is 0 Å². The second kappa shape index (κ2) is 7.87. The Hall–Kier alpha value is -0.490. The van der Waals surface area contributed by atoms with Crippen LogP contribution in [-0.2, 0) is 0 Å². The van der Waals surface area contributed by atoms with E-state index in [1.807, 2.05) is 13.8 Å². The standard InChI is InChI=1S/C11H15Cl.C2H6/c1-9-5-3-4-6-11(9)10(2)7-8-12;1-2/h3-6,10H,7-8H2,1-2H3;1-2H3. The van der Waals surface area contributed by atoms with Crippen molar-refractivity contribution in [3.63, 3.8) is 0 Å².